The fourth-order valence-corrected chi connectivity index (χ4v) is 2.73. The molecular formula is C15H21NO2. The van der Waals surface area contributed by atoms with Gasteiger partial charge in [0.2, 0.25) is 0 Å². The monoisotopic (exact) mass is 247 g/mol. The van der Waals surface area contributed by atoms with Crippen LogP contribution in [0.15, 0.2) is 18.2 Å². The van der Waals surface area contributed by atoms with Gasteiger partial charge in [0.1, 0.15) is 0 Å². The summed E-state index contributed by atoms with van der Waals surface area (Å²) in [5, 5.41) is 0. The Bertz CT molecular complexity index is 434. The second-order valence-electron chi connectivity index (χ2n) is 5.18. The SMILES string of the molecule is COC(=O)c1ccc(C2CCC(N)CC2)cc1C. The lowest BCUT2D eigenvalue weighted by molar-refractivity contribution is 0.0600. The van der Waals surface area contributed by atoms with Crippen LogP contribution < -0.4 is 5.73 Å². The molecule has 0 amide bonds. The van der Waals surface area contributed by atoms with Gasteiger partial charge in [-0.15, -0.1) is 0 Å². The molecule has 0 heterocycles. The lowest BCUT2D eigenvalue weighted by Gasteiger charge is -2.26. The van der Waals surface area contributed by atoms with Crippen molar-refractivity contribution in [3.63, 3.8) is 0 Å². The molecule has 1 aromatic rings. The van der Waals surface area contributed by atoms with Gasteiger partial charge in [-0.25, -0.2) is 4.79 Å². The van der Waals surface area contributed by atoms with Crippen molar-refractivity contribution in [1.82, 2.24) is 0 Å². The van der Waals surface area contributed by atoms with Crippen LogP contribution in [0.3, 0.4) is 0 Å². The average molecular weight is 247 g/mol. The van der Waals surface area contributed by atoms with Crippen LogP contribution in [-0.4, -0.2) is 19.1 Å². The zero-order valence-electron chi connectivity index (χ0n) is 11.1. The van der Waals surface area contributed by atoms with E-state index in [4.69, 9.17) is 10.5 Å². The minimum absolute atomic E-state index is 0.260. The molecule has 0 unspecified atom stereocenters. The quantitative estimate of drug-likeness (QED) is 0.818. The minimum Gasteiger partial charge on any atom is -0.465 e. The van der Waals surface area contributed by atoms with E-state index in [1.54, 1.807) is 0 Å². The fourth-order valence-electron chi connectivity index (χ4n) is 2.73. The summed E-state index contributed by atoms with van der Waals surface area (Å²) in [6.45, 7) is 1.96. The highest BCUT2D eigenvalue weighted by Crippen LogP contribution is 2.33. The Kier molecular flexibility index (Phi) is 4.02. The molecule has 0 aromatic heterocycles. The number of carbonyl (C=O) groups excluding carboxylic acids is 1. The maximum atomic E-state index is 11.5. The van der Waals surface area contributed by atoms with Crippen molar-refractivity contribution in [2.75, 3.05) is 7.11 Å². The van der Waals surface area contributed by atoms with Crippen LogP contribution >= 0.6 is 0 Å². The number of aryl methyl sites for hydroxylation is 1. The molecule has 1 aliphatic rings. The van der Waals surface area contributed by atoms with Gasteiger partial charge in [-0.1, -0.05) is 12.1 Å². The van der Waals surface area contributed by atoms with Crippen molar-refractivity contribution < 1.29 is 9.53 Å². The van der Waals surface area contributed by atoms with E-state index in [2.05, 4.69) is 12.1 Å². The van der Waals surface area contributed by atoms with Crippen LogP contribution in [0.25, 0.3) is 0 Å². The normalized spacial score (nSPS) is 23.7. The van der Waals surface area contributed by atoms with Gasteiger partial charge in [0.15, 0.2) is 0 Å². The Balaban J connectivity index is 2.16. The van der Waals surface area contributed by atoms with Crippen molar-refractivity contribution in [2.24, 2.45) is 5.73 Å². The van der Waals surface area contributed by atoms with Crippen LogP contribution in [0.2, 0.25) is 0 Å². The van der Waals surface area contributed by atoms with Crippen molar-refractivity contribution in [3.8, 4) is 0 Å². The van der Waals surface area contributed by atoms with Gasteiger partial charge >= 0.3 is 5.97 Å². The zero-order chi connectivity index (χ0) is 13.1. The van der Waals surface area contributed by atoms with Crippen LogP contribution in [0.5, 0.6) is 0 Å². The summed E-state index contributed by atoms with van der Waals surface area (Å²) in [6.07, 6.45) is 4.50. The maximum Gasteiger partial charge on any atom is 0.338 e. The van der Waals surface area contributed by atoms with E-state index in [0.29, 0.717) is 17.5 Å². The number of ether oxygens (including phenoxy) is 1. The highest BCUT2D eigenvalue weighted by atomic mass is 16.5. The molecule has 3 nitrogen and oxygen atoms in total. The van der Waals surface area contributed by atoms with E-state index in [1.807, 2.05) is 13.0 Å². The predicted octanol–water partition coefficient (Wildman–Crippen LogP) is 2.77. The Morgan fingerprint density at radius 1 is 1.28 bits per heavy atom. The standard InChI is InChI=1S/C15H21NO2/c1-10-9-12(5-8-14(10)15(17)18-2)11-3-6-13(16)7-4-11/h5,8-9,11,13H,3-4,6-7,16H2,1-2H3. The first kappa shape index (κ1) is 13.1. The van der Waals surface area contributed by atoms with Crippen molar-refractivity contribution in [3.05, 3.63) is 34.9 Å². The van der Waals surface area contributed by atoms with Crippen LogP contribution in [0, 0.1) is 6.92 Å². The molecule has 2 rings (SSSR count). The van der Waals surface area contributed by atoms with Crippen molar-refractivity contribution >= 4 is 5.97 Å². The summed E-state index contributed by atoms with van der Waals surface area (Å²) in [5.41, 5.74) is 8.91. The lowest BCUT2D eigenvalue weighted by atomic mass is 9.81. The number of carbonyl (C=O) groups is 1. The number of methoxy groups -OCH3 is 1. The fraction of sp³-hybridized carbons (Fsp3) is 0.533. The Labute approximate surface area is 108 Å². The summed E-state index contributed by atoms with van der Waals surface area (Å²) < 4.78 is 4.76. The molecule has 3 heteroatoms. The van der Waals surface area contributed by atoms with E-state index in [-0.39, 0.29) is 5.97 Å². The first-order chi connectivity index (χ1) is 8.61. The highest BCUT2D eigenvalue weighted by Gasteiger charge is 2.21. The number of nitrogens with two attached hydrogens (primary N) is 1. The van der Waals surface area contributed by atoms with E-state index in [1.165, 1.54) is 12.7 Å². The molecule has 1 aromatic carbocycles. The van der Waals surface area contributed by atoms with E-state index in [9.17, 15) is 4.79 Å². The summed E-state index contributed by atoms with van der Waals surface area (Å²) in [5.74, 6) is 0.333. The number of hydrogen-bond donors (Lipinski definition) is 1. The topological polar surface area (TPSA) is 52.3 Å². The highest BCUT2D eigenvalue weighted by molar-refractivity contribution is 5.91. The van der Waals surface area contributed by atoms with Crippen LogP contribution in [0.4, 0.5) is 0 Å². The van der Waals surface area contributed by atoms with Gasteiger partial charge in [-0.2, -0.15) is 0 Å². The molecular weight excluding hydrogens is 226 g/mol. The predicted molar refractivity (Wildman–Crippen MR) is 71.7 cm³/mol. The molecule has 1 aliphatic carbocycles. The van der Waals surface area contributed by atoms with E-state index in [0.717, 1.165) is 31.2 Å². The number of benzene rings is 1. The van der Waals surface area contributed by atoms with E-state index < -0.39 is 0 Å². The largest absolute Gasteiger partial charge is 0.465 e. The summed E-state index contributed by atoms with van der Waals surface area (Å²) in [7, 11) is 1.41. The average Bonchev–Trinajstić information content (AvgIpc) is 2.38. The van der Waals surface area contributed by atoms with Gasteiger partial charge < -0.3 is 10.5 Å². The third kappa shape index (κ3) is 2.72. The van der Waals surface area contributed by atoms with Crippen molar-refractivity contribution in [1.29, 1.82) is 0 Å². The van der Waals surface area contributed by atoms with Gasteiger partial charge in [0.25, 0.3) is 0 Å². The van der Waals surface area contributed by atoms with Gasteiger partial charge in [0, 0.05) is 6.04 Å². The summed E-state index contributed by atoms with van der Waals surface area (Å²) in [4.78, 5) is 11.5. The van der Waals surface area contributed by atoms with Crippen LogP contribution in [-0.2, 0) is 4.74 Å². The summed E-state index contributed by atoms with van der Waals surface area (Å²) in [6, 6.07) is 6.43. The minimum atomic E-state index is -0.260. The number of hydrogen-bond acceptors (Lipinski definition) is 3. The molecule has 0 saturated heterocycles. The van der Waals surface area contributed by atoms with Gasteiger partial charge in [-0.3, -0.25) is 0 Å². The number of esters is 1. The van der Waals surface area contributed by atoms with Crippen LogP contribution in [0.1, 0.15) is 53.1 Å². The van der Waals surface area contributed by atoms with Gasteiger partial charge in [-0.05, 0) is 55.7 Å². The molecule has 2 N–H and O–H groups in total. The molecule has 1 saturated carbocycles. The molecule has 18 heavy (non-hydrogen) atoms. The first-order valence-corrected chi connectivity index (χ1v) is 6.56. The molecule has 98 valence electrons. The Morgan fingerprint density at radius 3 is 2.50 bits per heavy atom. The molecule has 0 spiro atoms. The van der Waals surface area contributed by atoms with Crippen molar-refractivity contribution in [2.45, 2.75) is 44.6 Å². The second-order valence-corrected chi connectivity index (χ2v) is 5.18. The van der Waals surface area contributed by atoms with Gasteiger partial charge in [0.05, 0.1) is 12.7 Å². The second kappa shape index (κ2) is 5.53. The molecule has 0 bridgehead atoms. The number of rotatable bonds is 2. The molecule has 1 fully saturated rings. The smallest absolute Gasteiger partial charge is 0.338 e. The Hall–Kier alpha value is -1.35. The third-order valence-electron chi connectivity index (χ3n) is 3.90. The van der Waals surface area contributed by atoms with E-state index >= 15 is 0 Å². The molecule has 0 aliphatic heterocycles. The Morgan fingerprint density at radius 2 is 1.94 bits per heavy atom. The first-order valence-electron chi connectivity index (χ1n) is 6.56. The third-order valence-corrected chi connectivity index (χ3v) is 3.90. The lowest BCUT2D eigenvalue weighted by Crippen LogP contribution is -2.25. The summed E-state index contributed by atoms with van der Waals surface area (Å²) >= 11 is 0. The molecule has 0 radical (unpaired) electrons. The zero-order valence-corrected chi connectivity index (χ0v) is 11.1. The maximum absolute atomic E-state index is 11.5. The molecule has 0 atom stereocenters.